The van der Waals surface area contributed by atoms with Gasteiger partial charge in [0.2, 0.25) is 12.3 Å². The van der Waals surface area contributed by atoms with Crippen molar-refractivity contribution in [3.63, 3.8) is 0 Å². The van der Waals surface area contributed by atoms with Gasteiger partial charge < -0.3 is 15.1 Å². The van der Waals surface area contributed by atoms with Gasteiger partial charge in [0.05, 0.1) is 0 Å². The Morgan fingerprint density at radius 3 is 2.36 bits per heavy atom. The van der Waals surface area contributed by atoms with Crippen LogP contribution in [0.4, 0.5) is 0 Å². The number of likely N-dealkylation sites (tertiary alicyclic amines) is 1. The molecule has 1 unspecified atom stereocenters. The summed E-state index contributed by atoms with van der Waals surface area (Å²) in [6.07, 6.45) is 6.19. The molecule has 1 atom stereocenters. The average molecular weight is 308 g/mol. The predicted octanol–water partition coefficient (Wildman–Crippen LogP) is -0.106. The lowest BCUT2D eigenvalue weighted by Crippen LogP contribution is -2.58. The van der Waals surface area contributed by atoms with E-state index in [9.17, 15) is 9.59 Å². The molecule has 0 aliphatic carbocycles. The van der Waals surface area contributed by atoms with Gasteiger partial charge in [0.25, 0.3) is 0 Å². The fourth-order valence-corrected chi connectivity index (χ4v) is 4.04. The summed E-state index contributed by atoms with van der Waals surface area (Å²) in [6.45, 7) is 6.53. The summed E-state index contributed by atoms with van der Waals surface area (Å²) in [4.78, 5) is 30.1. The molecular formula is C16H28N4O2. The van der Waals surface area contributed by atoms with Gasteiger partial charge in [-0.2, -0.15) is 0 Å². The van der Waals surface area contributed by atoms with E-state index in [1.807, 2.05) is 4.90 Å². The van der Waals surface area contributed by atoms with E-state index >= 15 is 0 Å². The van der Waals surface area contributed by atoms with E-state index in [1.54, 1.807) is 4.90 Å². The second-order valence-corrected chi connectivity index (χ2v) is 6.70. The number of nitrogens with zero attached hydrogens (tertiary/aromatic N) is 3. The van der Waals surface area contributed by atoms with Crippen LogP contribution in [0.3, 0.4) is 0 Å². The number of carbonyl (C=O) groups excluding carboxylic acids is 2. The normalized spacial score (nSPS) is 28.6. The van der Waals surface area contributed by atoms with E-state index in [0.29, 0.717) is 6.04 Å². The maximum Gasteiger partial charge on any atom is 0.245 e. The van der Waals surface area contributed by atoms with Gasteiger partial charge in [0.15, 0.2) is 0 Å². The molecule has 3 aliphatic rings. The Labute approximate surface area is 132 Å². The third kappa shape index (κ3) is 3.43. The van der Waals surface area contributed by atoms with E-state index < -0.39 is 0 Å². The maximum absolute atomic E-state index is 12.7. The smallest absolute Gasteiger partial charge is 0.245 e. The second kappa shape index (κ2) is 7.42. The van der Waals surface area contributed by atoms with E-state index in [2.05, 4.69) is 10.2 Å². The summed E-state index contributed by atoms with van der Waals surface area (Å²) in [5.74, 6) is 0.164. The molecule has 3 rings (SSSR count). The van der Waals surface area contributed by atoms with E-state index in [0.717, 1.165) is 71.5 Å². The van der Waals surface area contributed by atoms with E-state index in [1.165, 1.54) is 12.8 Å². The van der Waals surface area contributed by atoms with Gasteiger partial charge >= 0.3 is 0 Å². The van der Waals surface area contributed by atoms with Crippen LogP contribution in [0.5, 0.6) is 0 Å². The van der Waals surface area contributed by atoms with Gasteiger partial charge in [0, 0.05) is 38.8 Å². The minimum atomic E-state index is -0.211. The highest BCUT2D eigenvalue weighted by atomic mass is 16.2. The molecule has 0 aromatic rings. The van der Waals surface area contributed by atoms with Crippen LogP contribution in [0.25, 0.3) is 0 Å². The highest BCUT2D eigenvalue weighted by molar-refractivity contribution is 5.84. The van der Waals surface area contributed by atoms with E-state index in [4.69, 9.17) is 0 Å². The number of piperidine rings is 2. The summed E-state index contributed by atoms with van der Waals surface area (Å²) in [5.41, 5.74) is 0. The second-order valence-electron chi connectivity index (χ2n) is 6.70. The van der Waals surface area contributed by atoms with Crippen molar-refractivity contribution in [1.82, 2.24) is 20.0 Å². The van der Waals surface area contributed by atoms with Gasteiger partial charge in [-0.25, -0.2) is 0 Å². The number of hydrogen-bond acceptors (Lipinski definition) is 4. The topological polar surface area (TPSA) is 55.9 Å². The standard InChI is InChI=1S/C16H28N4O2/c21-13-20-8-2-1-3-15(20)16(22)19-11-9-18(10-12-19)14-4-6-17-7-5-14/h13-15,17H,1-12H2. The molecular weight excluding hydrogens is 280 g/mol. The van der Waals surface area contributed by atoms with Crippen molar-refractivity contribution < 1.29 is 9.59 Å². The lowest BCUT2D eigenvalue weighted by Gasteiger charge is -2.43. The van der Waals surface area contributed by atoms with E-state index in [-0.39, 0.29) is 11.9 Å². The minimum absolute atomic E-state index is 0.164. The number of rotatable bonds is 3. The van der Waals surface area contributed by atoms with Crippen molar-refractivity contribution in [1.29, 1.82) is 0 Å². The molecule has 124 valence electrons. The molecule has 0 aromatic carbocycles. The third-order valence-corrected chi connectivity index (χ3v) is 5.42. The Morgan fingerprint density at radius 2 is 1.68 bits per heavy atom. The highest BCUT2D eigenvalue weighted by Crippen LogP contribution is 2.20. The Kier molecular flexibility index (Phi) is 5.31. The van der Waals surface area contributed by atoms with Crippen molar-refractivity contribution >= 4 is 12.3 Å². The zero-order valence-corrected chi connectivity index (χ0v) is 13.4. The van der Waals surface area contributed by atoms with Crippen LogP contribution < -0.4 is 5.32 Å². The van der Waals surface area contributed by atoms with Gasteiger partial charge in [0.1, 0.15) is 6.04 Å². The van der Waals surface area contributed by atoms with Crippen LogP contribution in [0.15, 0.2) is 0 Å². The van der Waals surface area contributed by atoms with Gasteiger partial charge in [-0.1, -0.05) is 0 Å². The number of carbonyl (C=O) groups is 2. The molecule has 3 saturated heterocycles. The summed E-state index contributed by atoms with van der Waals surface area (Å²) in [5, 5.41) is 3.41. The van der Waals surface area contributed by atoms with Crippen molar-refractivity contribution in [2.75, 3.05) is 45.8 Å². The number of nitrogens with one attached hydrogen (secondary N) is 1. The number of amides is 2. The average Bonchev–Trinajstić information content (AvgIpc) is 2.62. The molecule has 0 spiro atoms. The minimum Gasteiger partial charge on any atom is -0.338 e. The van der Waals surface area contributed by atoms with Crippen molar-refractivity contribution in [3.8, 4) is 0 Å². The number of piperazine rings is 1. The van der Waals surface area contributed by atoms with Crippen LogP contribution in [-0.2, 0) is 9.59 Å². The summed E-state index contributed by atoms with van der Waals surface area (Å²) >= 11 is 0. The molecule has 6 nitrogen and oxygen atoms in total. The summed E-state index contributed by atoms with van der Waals surface area (Å²) < 4.78 is 0. The summed E-state index contributed by atoms with van der Waals surface area (Å²) in [6, 6.07) is 0.469. The Hall–Kier alpha value is -1.14. The first-order valence-corrected chi connectivity index (χ1v) is 8.74. The maximum atomic E-state index is 12.7. The lowest BCUT2D eigenvalue weighted by molar-refractivity contribution is -0.144. The first kappa shape index (κ1) is 15.7. The Balaban J connectivity index is 1.51. The third-order valence-electron chi connectivity index (χ3n) is 5.42. The van der Waals surface area contributed by atoms with Gasteiger partial charge in [-0.05, 0) is 45.2 Å². The van der Waals surface area contributed by atoms with Crippen molar-refractivity contribution in [3.05, 3.63) is 0 Å². The quantitative estimate of drug-likeness (QED) is 0.740. The molecule has 22 heavy (non-hydrogen) atoms. The van der Waals surface area contributed by atoms with Crippen LogP contribution in [0.1, 0.15) is 32.1 Å². The Bertz CT molecular complexity index is 390. The highest BCUT2D eigenvalue weighted by Gasteiger charge is 2.33. The summed E-state index contributed by atoms with van der Waals surface area (Å²) in [7, 11) is 0. The van der Waals surface area contributed by atoms with Crippen molar-refractivity contribution in [2.24, 2.45) is 0 Å². The van der Waals surface area contributed by atoms with Crippen LogP contribution in [0, 0.1) is 0 Å². The molecule has 0 bridgehead atoms. The molecule has 2 amide bonds. The van der Waals surface area contributed by atoms with Gasteiger partial charge in [-0.15, -0.1) is 0 Å². The molecule has 3 aliphatic heterocycles. The zero-order chi connectivity index (χ0) is 15.4. The molecule has 3 heterocycles. The molecule has 1 N–H and O–H groups in total. The fraction of sp³-hybridized carbons (Fsp3) is 0.875. The zero-order valence-electron chi connectivity index (χ0n) is 13.4. The van der Waals surface area contributed by atoms with Crippen LogP contribution in [0.2, 0.25) is 0 Å². The lowest BCUT2D eigenvalue weighted by atomic mass is 10.0. The SMILES string of the molecule is O=CN1CCCCC1C(=O)N1CCN(C2CCNCC2)CC1. The molecule has 0 radical (unpaired) electrons. The van der Waals surface area contributed by atoms with Crippen LogP contribution in [-0.4, -0.2) is 84.9 Å². The number of hydrogen-bond donors (Lipinski definition) is 1. The molecule has 6 heteroatoms. The monoisotopic (exact) mass is 308 g/mol. The molecule has 3 fully saturated rings. The first-order valence-electron chi connectivity index (χ1n) is 8.74. The Morgan fingerprint density at radius 1 is 0.955 bits per heavy atom. The predicted molar refractivity (Wildman–Crippen MR) is 84.5 cm³/mol. The fourth-order valence-electron chi connectivity index (χ4n) is 4.04. The first-order chi connectivity index (χ1) is 10.8. The molecule has 0 aromatic heterocycles. The van der Waals surface area contributed by atoms with Crippen molar-refractivity contribution in [2.45, 2.75) is 44.2 Å². The van der Waals surface area contributed by atoms with Gasteiger partial charge in [-0.3, -0.25) is 14.5 Å². The largest absolute Gasteiger partial charge is 0.338 e. The molecule has 0 saturated carbocycles. The van der Waals surface area contributed by atoms with Crippen LogP contribution >= 0.6 is 0 Å².